The van der Waals surface area contributed by atoms with Gasteiger partial charge in [0.25, 0.3) is 0 Å². The van der Waals surface area contributed by atoms with E-state index in [9.17, 15) is 17.6 Å². The Morgan fingerprint density at radius 2 is 1.43 bits per heavy atom. The van der Waals surface area contributed by atoms with Gasteiger partial charge in [-0.3, -0.25) is 0 Å². The summed E-state index contributed by atoms with van der Waals surface area (Å²) in [5.41, 5.74) is 0. The second kappa shape index (κ2) is 4.66. The molecule has 0 unspecified atom stereocenters. The average molecular weight is 415 g/mol. The van der Waals surface area contributed by atoms with Crippen molar-refractivity contribution in [2.24, 2.45) is 0 Å². The molecule has 0 radical (unpaired) electrons. The van der Waals surface area contributed by atoms with Gasteiger partial charge in [0.15, 0.2) is 0 Å². The molecule has 0 aliphatic rings. The van der Waals surface area contributed by atoms with Crippen molar-refractivity contribution in [2.75, 3.05) is 7.11 Å². The van der Waals surface area contributed by atoms with Crippen LogP contribution in [0.4, 0.5) is 17.6 Å². The summed E-state index contributed by atoms with van der Waals surface area (Å²) in [4.78, 5) is 0. The first-order valence-corrected chi connectivity index (χ1v) is 13.0. The van der Waals surface area contributed by atoms with Gasteiger partial charge in [-0.25, -0.2) is 0 Å². The van der Waals surface area contributed by atoms with Crippen LogP contribution in [-0.2, 0) is 23.3 Å². The zero-order valence-electron chi connectivity index (χ0n) is 7.01. The van der Waals surface area contributed by atoms with Crippen LogP contribution >= 0.6 is 8.25 Å². The van der Waals surface area contributed by atoms with Crippen molar-refractivity contribution in [1.82, 2.24) is 0 Å². The summed E-state index contributed by atoms with van der Waals surface area (Å²) >= 11 is -2.56. The molecule has 0 bridgehead atoms. The van der Waals surface area contributed by atoms with Gasteiger partial charge in [0, 0.05) is 0 Å². The number of methoxy groups -OCH3 is 1. The second-order valence-electron chi connectivity index (χ2n) is 2.40. The molecule has 0 aliphatic heterocycles. The Balaban J connectivity index is 3.55. The van der Waals surface area contributed by atoms with Crippen molar-refractivity contribution in [3.63, 3.8) is 0 Å². The molecule has 0 amide bonds. The van der Waals surface area contributed by atoms with E-state index in [1.165, 1.54) is 0 Å². The molecule has 0 atom stereocenters. The Morgan fingerprint density at radius 3 is 1.71 bits per heavy atom. The van der Waals surface area contributed by atoms with Crippen LogP contribution in [0, 0.1) is 23.3 Å². The number of ether oxygens (including phenoxy) is 1. The zero-order chi connectivity index (χ0) is 10.9. The molecule has 1 nitrogen and oxygen atoms in total. The fourth-order valence-electron chi connectivity index (χ4n) is 0.954. The summed E-state index contributed by atoms with van der Waals surface area (Å²) in [5.74, 6) is -6.97. The van der Waals surface area contributed by atoms with Gasteiger partial charge >= 0.3 is 93.1 Å². The van der Waals surface area contributed by atoms with E-state index in [4.69, 9.17) is 8.25 Å². The van der Waals surface area contributed by atoms with Gasteiger partial charge < -0.3 is 0 Å². The molecular formula is C7H3ClF4HgO. The van der Waals surface area contributed by atoms with Gasteiger partial charge in [0.2, 0.25) is 0 Å². The molecule has 1 aromatic carbocycles. The minimum atomic E-state index is -2.56. The van der Waals surface area contributed by atoms with Crippen LogP contribution in [0.2, 0.25) is 0 Å². The van der Waals surface area contributed by atoms with Crippen molar-refractivity contribution in [1.29, 1.82) is 0 Å². The Hall–Kier alpha value is -0.0349. The SMILES string of the molecule is COc1c(F)c(F)[c]([Hg][Cl])c(F)c1F. The van der Waals surface area contributed by atoms with Crippen LogP contribution < -0.4 is 7.81 Å². The number of hydrogen-bond donors (Lipinski definition) is 0. The topological polar surface area (TPSA) is 9.23 Å². The van der Waals surface area contributed by atoms with Crippen LogP contribution in [0.3, 0.4) is 0 Å². The Morgan fingerprint density at radius 1 is 1.00 bits per heavy atom. The third kappa shape index (κ3) is 1.84. The fourth-order valence-corrected chi connectivity index (χ4v) is 5.13. The van der Waals surface area contributed by atoms with Crippen LogP contribution in [0.15, 0.2) is 0 Å². The standard InChI is InChI=1S/C7H3F4O.ClH.Hg/c1-12-7-5(10)3(8)2-4(9)6(7)11;;/h1H3;1H;/q;;+1/p-1. The quantitative estimate of drug-likeness (QED) is 0.409. The molecule has 74 valence electrons. The fraction of sp³-hybridized carbons (Fsp3) is 0.143. The molecule has 0 aliphatic carbocycles. The number of halogens is 5. The molecule has 14 heavy (non-hydrogen) atoms. The molecule has 0 aromatic heterocycles. The Bertz CT molecular complexity index is 307. The van der Waals surface area contributed by atoms with E-state index in [1.54, 1.807) is 0 Å². The van der Waals surface area contributed by atoms with Gasteiger partial charge in [0.1, 0.15) is 0 Å². The Labute approximate surface area is 92.9 Å². The predicted octanol–water partition coefficient (Wildman–Crippen LogP) is 2.11. The normalized spacial score (nSPS) is 9.86. The summed E-state index contributed by atoms with van der Waals surface area (Å²) in [6.45, 7) is 0. The maximum absolute atomic E-state index is 13.0. The molecule has 1 aromatic rings. The van der Waals surface area contributed by atoms with Crippen molar-refractivity contribution in [3.8, 4) is 5.75 Å². The van der Waals surface area contributed by atoms with Crippen molar-refractivity contribution < 1.29 is 45.6 Å². The van der Waals surface area contributed by atoms with E-state index in [2.05, 4.69) is 4.74 Å². The minimum absolute atomic E-state index is 0.623. The molecule has 0 saturated heterocycles. The zero-order valence-corrected chi connectivity index (χ0v) is 13.3. The first-order valence-electron chi connectivity index (χ1n) is 3.49. The molecule has 0 fully saturated rings. The van der Waals surface area contributed by atoms with Gasteiger partial charge in [-0.15, -0.1) is 0 Å². The van der Waals surface area contributed by atoms with Crippen molar-refractivity contribution >= 4 is 11.3 Å². The summed E-state index contributed by atoms with van der Waals surface area (Å²) in [5, 5.41) is 0. The summed E-state index contributed by atoms with van der Waals surface area (Å²) < 4.78 is 55.5. The summed E-state index contributed by atoms with van der Waals surface area (Å²) in [7, 11) is 6.27. The van der Waals surface area contributed by atoms with E-state index >= 15 is 0 Å². The summed E-state index contributed by atoms with van der Waals surface area (Å²) in [6.07, 6.45) is 0. The summed E-state index contributed by atoms with van der Waals surface area (Å²) in [6, 6.07) is 0. The van der Waals surface area contributed by atoms with E-state index in [0.29, 0.717) is 0 Å². The third-order valence-corrected chi connectivity index (χ3v) is 7.45. The number of benzene rings is 1. The number of rotatable bonds is 2. The van der Waals surface area contributed by atoms with E-state index < -0.39 is 55.4 Å². The van der Waals surface area contributed by atoms with E-state index in [-0.39, 0.29) is 0 Å². The molecular weight excluding hydrogens is 412 g/mol. The predicted molar refractivity (Wildman–Crippen MR) is 38.3 cm³/mol. The number of hydrogen-bond acceptors (Lipinski definition) is 1. The second-order valence-corrected chi connectivity index (χ2v) is 8.53. The first kappa shape index (κ1) is 12.0. The monoisotopic (exact) mass is 416 g/mol. The van der Waals surface area contributed by atoms with E-state index in [0.717, 1.165) is 7.11 Å². The van der Waals surface area contributed by atoms with Gasteiger partial charge in [-0.05, 0) is 0 Å². The molecule has 0 N–H and O–H groups in total. The van der Waals surface area contributed by atoms with Crippen molar-refractivity contribution in [3.05, 3.63) is 23.3 Å². The third-order valence-electron chi connectivity index (χ3n) is 1.65. The van der Waals surface area contributed by atoms with Crippen LogP contribution in [-0.4, -0.2) is 7.11 Å². The maximum atomic E-state index is 13.0. The average Bonchev–Trinajstić information content (AvgIpc) is 2.17. The van der Waals surface area contributed by atoms with Crippen LogP contribution in [0.1, 0.15) is 0 Å². The molecule has 0 spiro atoms. The molecule has 0 heterocycles. The van der Waals surface area contributed by atoms with Gasteiger partial charge in [-0.1, -0.05) is 0 Å². The van der Waals surface area contributed by atoms with Gasteiger partial charge in [-0.2, -0.15) is 0 Å². The Kier molecular flexibility index (Phi) is 4.00. The first-order chi connectivity index (χ1) is 6.54. The van der Waals surface area contributed by atoms with Crippen LogP contribution in [0.5, 0.6) is 5.75 Å². The van der Waals surface area contributed by atoms with Crippen molar-refractivity contribution in [2.45, 2.75) is 0 Å². The molecule has 1 rings (SSSR count). The van der Waals surface area contributed by atoms with Crippen LogP contribution in [0.25, 0.3) is 0 Å². The molecule has 7 heteroatoms. The molecule has 0 saturated carbocycles. The van der Waals surface area contributed by atoms with E-state index in [1.807, 2.05) is 0 Å². The van der Waals surface area contributed by atoms with Gasteiger partial charge in [0.05, 0.1) is 0 Å².